The predicted molar refractivity (Wildman–Crippen MR) is 87.1 cm³/mol. The van der Waals surface area contributed by atoms with Crippen molar-refractivity contribution >= 4 is 21.6 Å². The molecule has 0 saturated carbocycles. The van der Waals surface area contributed by atoms with Crippen LogP contribution in [-0.4, -0.2) is 27.3 Å². The van der Waals surface area contributed by atoms with Crippen molar-refractivity contribution in [2.45, 2.75) is 33.2 Å². The van der Waals surface area contributed by atoms with Crippen LogP contribution in [0.5, 0.6) is 0 Å². The summed E-state index contributed by atoms with van der Waals surface area (Å²) in [6.45, 7) is 7.02. The van der Waals surface area contributed by atoms with Crippen molar-refractivity contribution in [2.24, 2.45) is 5.41 Å². The molecule has 0 spiro atoms. The molecule has 0 aromatic heterocycles. The minimum Gasteiger partial charge on any atom is -0.308 e. The molecule has 1 aromatic rings. The summed E-state index contributed by atoms with van der Waals surface area (Å²) in [5.41, 5.74) is 2.53. The third-order valence-electron chi connectivity index (χ3n) is 3.93. The van der Waals surface area contributed by atoms with Crippen molar-refractivity contribution in [3.63, 3.8) is 0 Å². The molecule has 21 heavy (non-hydrogen) atoms. The zero-order chi connectivity index (χ0) is 15.7. The van der Waals surface area contributed by atoms with Crippen molar-refractivity contribution < 1.29 is 8.42 Å². The number of hydrogen-bond acceptors (Lipinski definition) is 3. The number of hydrogen-bond donors (Lipinski definition) is 2. The second-order valence-corrected chi connectivity index (χ2v) is 8.58. The second kappa shape index (κ2) is 6.24. The van der Waals surface area contributed by atoms with Crippen LogP contribution in [0.2, 0.25) is 5.02 Å². The Kier molecular flexibility index (Phi) is 4.98. The Balaban J connectivity index is 2.08. The largest absolute Gasteiger partial charge is 0.308 e. The highest BCUT2D eigenvalue weighted by Gasteiger charge is 2.38. The van der Waals surface area contributed by atoms with Gasteiger partial charge in [-0.3, -0.25) is 0 Å². The van der Waals surface area contributed by atoms with Gasteiger partial charge in [-0.05, 0) is 35.1 Å². The summed E-state index contributed by atoms with van der Waals surface area (Å²) in [6.07, 6.45) is 0.969. The highest BCUT2D eigenvalue weighted by atomic mass is 35.5. The summed E-state index contributed by atoms with van der Waals surface area (Å²) in [5, 5.41) is 4.11. The number of halogens is 1. The minimum absolute atomic E-state index is 0.0506. The van der Waals surface area contributed by atoms with Gasteiger partial charge in [-0.2, -0.15) is 0 Å². The van der Waals surface area contributed by atoms with Crippen LogP contribution in [-0.2, 0) is 16.4 Å². The normalized spacial score (nSPS) is 20.5. The van der Waals surface area contributed by atoms with Crippen LogP contribution in [0.1, 0.15) is 37.9 Å². The molecule has 1 atom stereocenters. The van der Waals surface area contributed by atoms with Crippen molar-refractivity contribution in [3.05, 3.63) is 34.3 Å². The first-order valence-electron chi connectivity index (χ1n) is 7.24. The molecule has 0 radical (unpaired) electrons. The highest BCUT2D eigenvalue weighted by molar-refractivity contribution is 7.89. The van der Waals surface area contributed by atoms with Crippen molar-refractivity contribution in [1.82, 2.24) is 10.0 Å². The summed E-state index contributed by atoms with van der Waals surface area (Å²) >= 11 is 6.10. The topological polar surface area (TPSA) is 58.2 Å². The molecule has 2 N–H and O–H groups in total. The van der Waals surface area contributed by atoms with Crippen LogP contribution >= 0.6 is 11.6 Å². The Morgan fingerprint density at radius 1 is 1.38 bits per heavy atom. The van der Waals surface area contributed by atoms with E-state index >= 15 is 0 Å². The fraction of sp³-hybridized carbons (Fsp3) is 0.600. The van der Waals surface area contributed by atoms with Crippen LogP contribution in [0.15, 0.2) is 18.2 Å². The predicted octanol–water partition coefficient (Wildman–Crippen LogP) is 2.49. The SMILES string of the molecule is CCNS(=O)(=O)CCNC1c2cc(Cl)ccc2CC1(C)C. The van der Waals surface area contributed by atoms with E-state index in [0.29, 0.717) is 13.1 Å². The molecule has 1 unspecified atom stereocenters. The zero-order valence-electron chi connectivity index (χ0n) is 12.7. The van der Waals surface area contributed by atoms with Gasteiger partial charge in [-0.15, -0.1) is 0 Å². The van der Waals surface area contributed by atoms with E-state index in [9.17, 15) is 8.42 Å². The lowest BCUT2D eigenvalue weighted by molar-refractivity contribution is 0.273. The molecule has 2 rings (SSSR count). The van der Waals surface area contributed by atoms with E-state index < -0.39 is 10.0 Å². The van der Waals surface area contributed by atoms with Gasteiger partial charge in [0.05, 0.1) is 5.75 Å². The highest BCUT2D eigenvalue weighted by Crippen LogP contribution is 2.45. The summed E-state index contributed by atoms with van der Waals surface area (Å²) in [7, 11) is -3.18. The van der Waals surface area contributed by atoms with E-state index in [4.69, 9.17) is 11.6 Å². The second-order valence-electron chi connectivity index (χ2n) is 6.21. The molecule has 0 fully saturated rings. The standard InChI is InChI=1S/C15H23ClN2O2S/c1-4-18-21(19,20)8-7-17-14-13-9-12(16)6-5-11(13)10-15(14,2)3/h5-6,9,14,17-18H,4,7-8,10H2,1-3H3. The molecule has 4 nitrogen and oxygen atoms in total. The first-order chi connectivity index (χ1) is 9.75. The molecule has 1 aliphatic rings. The van der Waals surface area contributed by atoms with Crippen LogP contribution < -0.4 is 10.0 Å². The molecule has 6 heteroatoms. The molecule has 118 valence electrons. The molecule has 0 heterocycles. The average Bonchev–Trinajstić information content (AvgIpc) is 2.60. The molecule has 0 saturated heterocycles. The monoisotopic (exact) mass is 330 g/mol. The van der Waals surface area contributed by atoms with E-state index in [-0.39, 0.29) is 17.2 Å². The van der Waals surface area contributed by atoms with Gasteiger partial charge in [0.25, 0.3) is 0 Å². The molecule has 0 amide bonds. The Hall–Kier alpha value is -0.620. The van der Waals surface area contributed by atoms with E-state index in [1.54, 1.807) is 6.92 Å². The quantitative estimate of drug-likeness (QED) is 0.842. The summed E-state index contributed by atoms with van der Waals surface area (Å²) in [5.74, 6) is 0.0866. The average molecular weight is 331 g/mol. The Morgan fingerprint density at radius 3 is 2.76 bits per heavy atom. The van der Waals surface area contributed by atoms with Gasteiger partial charge >= 0.3 is 0 Å². The number of sulfonamides is 1. The van der Waals surface area contributed by atoms with Crippen molar-refractivity contribution in [3.8, 4) is 0 Å². The van der Waals surface area contributed by atoms with Gasteiger partial charge in [-0.25, -0.2) is 13.1 Å². The fourth-order valence-corrected chi connectivity index (χ4v) is 4.18. The maximum atomic E-state index is 11.7. The number of rotatable bonds is 6. The lowest BCUT2D eigenvalue weighted by Gasteiger charge is -2.28. The number of nitrogens with one attached hydrogen (secondary N) is 2. The smallest absolute Gasteiger partial charge is 0.212 e. The minimum atomic E-state index is -3.18. The first-order valence-corrected chi connectivity index (χ1v) is 9.27. The third-order valence-corrected chi connectivity index (χ3v) is 5.64. The third kappa shape index (κ3) is 3.97. The lowest BCUT2D eigenvalue weighted by Crippen LogP contribution is -2.37. The summed E-state index contributed by atoms with van der Waals surface area (Å²) in [6, 6.07) is 6.09. The van der Waals surface area contributed by atoms with Crippen LogP contribution in [0.4, 0.5) is 0 Å². The molecule has 1 aromatic carbocycles. The molecule has 0 aliphatic heterocycles. The Bertz CT molecular complexity index is 614. The lowest BCUT2D eigenvalue weighted by atomic mass is 9.85. The zero-order valence-corrected chi connectivity index (χ0v) is 14.3. The van der Waals surface area contributed by atoms with Gasteiger partial charge in [0.1, 0.15) is 0 Å². The van der Waals surface area contributed by atoms with E-state index in [1.165, 1.54) is 11.1 Å². The van der Waals surface area contributed by atoms with Gasteiger partial charge in [-0.1, -0.05) is 38.4 Å². The van der Waals surface area contributed by atoms with Gasteiger partial charge in [0.2, 0.25) is 10.0 Å². The fourth-order valence-electron chi connectivity index (χ4n) is 3.03. The maximum absolute atomic E-state index is 11.7. The molecule has 0 bridgehead atoms. The Morgan fingerprint density at radius 2 is 2.10 bits per heavy atom. The van der Waals surface area contributed by atoms with Gasteiger partial charge in [0, 0.05) is 24.2 Å². The van der Waals surface area contributed by atoms with E-state index in [0.717, 1.165) is 11.4 Å². The first kappa shape index (κ1) is 16.7. The molecular weight excluding hydrogens is 308 g/mol. The van der Waals surface area contributed by atoms with Crippen molar-refractivity contribution in [1.29, 1.82) is 0 Å². The maximum Gasteiger partial charge on any atom is 0.212 e. The van der Waals surface area contributed by atoms with E-state index in [1.807, 2.05) is 12.1 Å². The Labute approximate surface area is 132 Å². The van der Waals surface area contributed by atoms with Crippen LogP contribution in [0.25, 0.3) is 0 Å². The van der Waals surface area contributed by atoms with Gasteiger partial charge in [0.15, 0.2) is 0 Å². The van der Waals surface area contributed by atoms with Crippen LogP contribution in [0, 0.1) is 5.41 Å². The number of benzene rings is 1. The summed E-state index contributed by atoms with van der Waals surface area (Å²) < 4.78 is 25.9. The van der Waals surface area contributed by atoms with Gasteiger partial charge < -0.3 is 5.32 Å². The summed E-state index contributed by atoms with van der Waals surface area (Å²) in [4.78, 5) is 0. The van der Waals surface area contributed by atoms with Crippen LogP contribution in [0.3, 0.4) is 0 Å². The molecule has 1 aliphatic carbocycles. The van der Waals surface area contributed by atoms with Crippen molar-refractivity contribution in [2.75, 3.05) is 18.8 Å². The van der Waals surface area contributed by atoms with E-state index in [2.05, 4.69) is 30.0 Å². The molecular formula is C15H23ClN2O2S. The number of fused-ring (bicyclic) bond motifs is 1.